The fourth-order valence-electron chi connectivity index (χ4n) is 2.96. The number of hydrogen-bond acceptors (Lipinski definition) is 5. The Morgan fingerprint density at radius 1 is 1.04 bits per heavy atom. The molecule has 1 N–H and O–H groups in total. The standard InChI is InChI=1S/C17H20N2O5S2/c1-12-8-9-16(13(2)17(12)18-25(3,20)21)26(22,23)19-10-11-24-15-7-5-4-6-14(15)19/h4-9,18H,10-11H2,1-3H3. The van der Waals surface area contributed by atoms with E-state index in [1.54, 1.807) is 44.2 Å². The molecule has 140 valence electrons. The van der Waals surface area contributed by atoms with E-state index >= 15 is 0 Å². The first-order chi connectivity index (χ1) is 12.1. The van der Waals surface area contributed by atoms with Gasteiger partial charge in [0.2, 0.25) is 10.0 Å². The SMILES string of the molecule is Cc1ccc(S(=O)(=O)N2CCOc3ccccc32)c(C)c1NS(C)(=O)=O. The number of para-hydroxylation sites is 2. The van der Waals surface area contributed by atoms with Crippen molar-refractivity contribution >= 4 is 31.4 Å². The quantitative estimate of drug-likeness (QED) is 0.856. The summed E-state index contributed by atoms with van der Waals surface area (Å²) < 4.78 is 59.1. The molecule has 0 spiro atoms. The Kier molecular flexibility index (Phi) is 4.61. The van der Waals surface area contributed by atoms with Gasteiger partial charge in [0.1, 0.15) is 12.4 Å². The summed E-state index contributed by atoms with van der Waals surface area (Å²) in [4.78, 5) is 0.0611. The van der Waals surface area contributed by atoms with Gasteiger partial charge < -0.3 is 4.74 Å². The van der Waals surface area contributed by atoms with E-state index < -0.39 is 20.0 Å². The largest absolute Gasteiger partial charge is 0.489 e. The Balaban J connectivity index is 2.14. The molecule has 2 aromatic carbocycles. The number of nitrogens with one attached hydrogen (secondary N) is 1. The minimum absolute atomic E-state index is 0.0611. The summed E-state index contributed by atoms with van der Waals surface area (Å²) in [6, 6.07) is 10.0. The number of aryl methyl sites for hydroxylation is 1. The average molecular weight is 396 g/mol. The lowest BCUT2D eigenvalue weighted by Gasteiger charge is -2.31. The predicted octanol–water partition coefficient (Wildman–Crippen LogP) is 2.26. The minimum Gasteiger partial charge on any atom is -0.489 e. The summed E-state index contributed by atoms with van der Waals surface area (Å²) in [6.07, 6.45) is 1.03. The van der Waals surface area contributed by atoms with E-state index in [4.69, 9.17) is 4.74 Å². The van der Waals surface area contributed by atoms with Crippen LogP contribution in [0.4, 0.5) is 11.4 Å². The Morgan fingerprint density at radius 3 is 2.42 bits per heavy atom. The molecule has 9 heteroatoms. The lowest BCUT2D eigenvalue weighted by molar-refractivity contribution is 0.316. The number of ether oxygens (including phenoxy) is 1. The number of nitrogens with zero attached hydrogens (tertiary/aromatic N) is 1. The van der Waals surface area contributed by atoms with E-state index in [2.05, 4.69) is 4.72 Å². The van der Waals surface area contributed by atoms with Crippen molar-refractivity contribution in [2.45, 2.75) is 18.7 Å². The van der Waals surface area contributed by atoms with Crippen LogP contribution < -0.4 is 13.8 Å². The third kappa shape index (κ3) is 3.36. The predicted molar refractivity (Wildman–Crippen MR) is 101 cm³/mol. The van der Waals surface area contributed by atoms with Gasteiger partial charge in [0, 0.05) is 0 Å². The first kappa shape index (κ1) is 18.5. The van der Waals surface area contributed by atoms with Crippen LogP contribution in [0.2, 0.25) is 0 Å². The number of rotatable bonds is 4. The molecule has 3 rings (SSSR count). The molecular weight excluding hydrogens is 376 g/mol. The van der Waals surface area contributed by atoms with Crippen LogP contribution in [0.5, 0.6) is 5.75 Å². The van der Waals surface area contributed by atoms with Crippen molar-refractivity contribution in [3.63, 3.8) is 0 Å². The molecule has 0 radical (unpaired) electrons. The second kappa shape index (κ2) is 6.48. The maximum absolute atomic E-state index is 13.3. The van der Waals surface area contributed by atoms with Crippen molar-refractivity contribution in [3.8, 4) is 5.75 Å². The molecule has 26 heavy (non-hydrogen) atoms. The zero-order chi connectivity index (χ0) is 19.1. The molecular formula is C17H20N2O5S2. The Hall–Kier alpha value is -2.26. The molecule has 2 aromatic rings. The lowest BCUT2D eigenvalue weighted by Crippen LogP contribution is -2.38. The van der Waals surface area contributed by atoms with Crippen molar-refractivity contribution < 1.29 is 21.6 Å². The molecule has 1 aliphatic heterocycles. The third-order valence-corrected chi connectivity index (χ3v) is 6.70. The van der Waals surface area contributed by atoms with Gasteiger partial charge in [-0.05, 0) is 43.2 Å². The Labute approximate surface area is 153 Å². The van der Waals surface area contributed by atoms with Gasteiger partial charge in [-0.1, -0.05) is 18.2 Å². The van der Waals surface area contributed by atoms with Crippen molar-refractivity contribution in [2.75, 3.05) is 28.4 Å². The highest BCUT2D eigenvalue weighted by Gasteiger charge is 2.32. The number of fused-ring (bicyclic) bond motifs is 1. The smallest absolute Gasteiger partial charge is 0.264 e. The van der Waals surface area contributed by atoms with Gasteiger partial charge in [0.05, 0.1) is 29.1 Å². The topological polar surface area (TPSA) is 92.8 Å². The molecule has 1 aliphatic rings. The van der Waals surface area contributed by atoms with E-state index in [1.807, 2.05) is 0 Å². The maximum atomic E-state index is 13.3. The molecule has 0 bridgehead atoms. The maximum Gasteiger partial charge on any atom is 0.264 e. The van der Waals surface area contributed by atoms with Crippen LogP contribution in [0, 0.1) is 13.8 Å². The van der Waals surface area contributed by atoms with Gasteiger partial charge in [0.25, 0.3) is 10.0 Å². The van der Waals surface area contributed by atoms with Gasteiger partial charge in [-0.2, -0.15) is 0 Å². The molecule has 7 nitrogen and oxygen atoms in total. The van der Waals surface area contributed by atoms with Crippen LogP contribution in [0.1, 0.15) is 11.1 Å². The number of benzene rings is 2. The van der Waals surface area contributed by atoms with Crippen LogP contribution >= 0.6 is 0 Å². The lowest BCUT2D eigenvalue weighted by atomic mass is 10.1. The van der Waals surface area contributed by atoms with Crippen molar-refractivity contribution in [1.82, 2.24) is 0 Å². The molecule has 1 heterocycles. The summed E-state index contributed by atoms with van der Waals surface area (Å²) >= 11 is 0. The monoisotopic (exact) mass is 396 g/mol. The van der Waals surface area contributed by atoms with E-state index in [1.165, 1.54) is 10.4 Å². The highest BCUT2D eigenvalue weighted by molar-refractivity contribution is 7.93. The van der Waals surface area contributed by atoms with Crippen LogP contribution in [-0.2, 0) is 20.0 Å². The highest BCUT2D eigenvalue weighted by Crippen LogP contribution is 2.37. The average Bonchev–Trinajstić information content (AvgIpc) is 2.57. The summed E-state index contributed by atoms with van der Waals surface area (Å²) in [5.74, 6) is 0.501. The second-order valence-corrected chi connectivity index (χ2v) is 9.73. The van der Waals surface area contributed by atoms with Gasteiger partial charge in [-0.15, -0.1) is 0 Å². The first-order valence-corrected chi connectivity index (χ1v) is 11.3. The number of anilines is 2. The summed E-state index contributed by atoms with van der Waals surface area (Å²) in [6.45, 7) is 3.75. The molecule has 0 fully saturated rings. The van der Waals surface area contributed by atoms with Crippen molar-refractivity contribution in [2.24, 2.45) is 0 Å². The van der Waals surface area contributed by atoms with Crippen LogP contribution in [0.25, 0.3) is 0 Å². The molecule has 0 amide bonds. The summed E-state index contributed by atoms with van der Waals surface area (Å²) in [5, 5.41) is 0. The van der Waals surface area contributed by atoms with E-state index in [0.29, 0.717) is 22.6 Å². The third-order valence-electron chi connectivity index (χ3n) is 4.17. The Bertz CT molecular complexity index is 1060. The molecule has 0 saturated carbocycles. The van der Waals surface area contributed by atoms with Gasteiger partial charge in [0.15, 0.2) is 0 Å². The zero-order valence-electron chi connectivity index (χ0n) is 14.7. The van der Waals surface area contributed by atoms with Crippen LogP contribution in [0.15, 0.2) is 41.3 Å². The van der Waals surface area contributed by atoms with Crippen molar-refractivity contribution in [1.29, 1.82) is 0 Å². The molecule has 0 aliphatic carbocycles. The van der Waals surface area contributed by atoms with Crippen LogP contribution in [0.3, 0.4) is 0 Å². The first-order valence-electron chi connectivity index (χ1n) is 7.94. The Morgan fingerprint density at radius 2 is 1.73 bits per heavy atom. The molecule has 0 aromatic heterocycles. The van der Waals surface area contributed by atoms with E-state index in [9.17, 15) is 16.8 Å². The fraction of sp³-hybridized carbons (Fsp3) is 0.294. The molecule has 0 atom stereocenters. The highest BCUT2D eigenvalue weighted by atomic mass is 32.2. The number of sulfonamides is 2. The van der Waals surface area contributed by atoms with E-state index in [0.717, 1.165) is 6.26 Å². The molecule has 0 unspecified atom stereocenters. The van der Waals surface area contributed by atoms with E-state index in [-0.39, 0.29) is 23.7 Å². The van der Waals surface area contributed by atoms with Gasteiger partial charge in [-0.25, -0.2) is 16.8 Å². The second-order valence-electron chi connectivity index (χ2n) is 6.15. The minimum atomic E-state index is -3.88. The fourth-order valence-corrected chi connectivity index (χ4v) is 5.34. The van der Waals surface area contributed by atoms with Gasteiger partial charge >= 0.3 is 0 Å². The number of hydrogen-bond donors (Lipinski definition) is 1. The summed E-state index contributed by atoms with van der Waals surface area (Å²) in [5.41, 5.74) is 1.76. The van der Waals surface area contributed by atoms with Crippen LogP contribution in [-0.4, -0.2) is 36.2 Å². The normalized spacial score (nSPS) is 14.5. The van der Waals surface area contributed by atoms with Gasteiger partial charge in [-0.3, -0.25) is 9.03 Å². The molecule has 0 saturated heterocycles. The van der Waals surface area contributed by atoms with Crippen molar-refractivity contribution in [3.05, 3.63) is 47.5 Å². The zero-order valence-corrected chi connectivity index (χ0v) is 16.3. The summed E-state index contributed by atoms with van der Waals surface area (Å²) in [7, 11) is -7.42.